The maximum Gasteiger partial charge on any atom is 0.234 e. The highest BCUT2D eigenvalue weighted by Gasteiger charge is 2.03. The quantitative estimate of drug-likeness (QED) is 0.727. The van der Waals surface area contributed by atoms with E-state index in [1.165, 1.54) is 12.1 Å². The van der Waals surface area contributed by atoms with Crippen molar-refractivity contribution in [2.45, 2.75) is 13.2 Å². The monoisotopic (exact) mass is 262 g/mol. The van der Waals surface area contributed by atoms with Crippen molar-refractivity contribution in [2.75, 3.05) is 13.6 Å². The van der Waals surface area contributed by atoms with Gasteiger partial charge in [0.15, 0.2) is 0 Å². The third kappa shape index (κ3) is 5.12. The molecule has 1 rings (SSSR count). The van der Waals surface area contributed by atoms with E-state index < -0.39 is 5.82 Å². The fourth-order valence-corrected chi connectivity index (χ4v) is 1.25. The van der Waals surface area contributed by atoms with E-state index >= 15 is 0 Å². The summed E-state index contributed by atoms with van der Waals surface area (Å²) in [5.41, 5.74) is 0.921. The summed E-state index contributed by atoms with van der Waals surface area (Å²) in [4.78, 5) is 11.1. The first-order chi connectivity index (χ1) is 7.67. The highest BCUT2D eigenvalue weighted by atomic mass is 35.5. The van der Waals surface area contributed by atoms with Crippen LogP contribution in [0.2, 0.25) is 0 Å². The second-order valence-electron chi connectivity index (χ2n) is 3.39. The van der Waals surface area contributed by atoms with E-state index in [-0.39, 0.29) is 43.6 Å². The lowest BCUT2D eigenvalue weighted by Gasteiger charge is -2.06. The molecule has 1 amide bonds. The van der Waals surface area contributed by atoms with Gasteiger partial charge in [0.25, 0.3) is 0 Å². The Kier molecular flexibility index (Phi) is 7.45. The van der Waals surface area contributed by atoms with Gasteiger partial charge >= 0.3 is 0 Å². The van der Waals surface area contributed by atoms with Crippen molar-refractivity contribution in [3.05, 3.63) is 35.1 Å². The normalized spacial score (nSPS) is 9.59. The van der Waals surface area contributed by atoms with Crippen LogP contribution in [0.15, 0.2) is 18.2 Å². The molecule has 0 aromatic heterocycles. The number of benzene rings is 1. The van der Waals surface area contributed by atoms with Gasteiger partial charge in [-0.05, 0) is 18.7 Å². The van der Waals surface area contributed by atoms with Crippen LogP contribution in [0.1, 0.15) is 11.1 Å². The van der Waals surface area contributed by atoms with Gasteiger partial charge in [-0.3, -0.25) is 4.79 Å². The standard InChI is InChI=1S/C11H15FN2O2.ClH/c1-13-6-11(16)14-5-8-2-3-9(7-15)10(12)4-8;/h2-4,13,15H,5-7H2,1H3,(H,14,16);1H. The molecule has 1 aromatic carbocycles. The number of likely N-dealkylation sites (N-methyl/N-ethyl adjacent to an activating group) is 1. The Bertz CT molecular complexity index is 374. The first-order valence-electron chi connectivity index (χ1n) is 4.97. The number of rotatable bonds is 5. The molecule has 0 radical (unpaired) electrons. The SMILES string of the molecule is CNCC(=O)NCc1ccc(CO)c(F)c1.Cl. The summed E-state index contributed by atoms with van der Waals surface area (Å²) >= 11 is 0. The zero-order chi connectivity index (χ0) is 12.0. The zero-order valence-electron chi connectivity index (χ0n) is 9.50. The molecule has 0 spiro atoms. The van der Waals surface area contributed by atoms with E-state index in [4.69, 9.17) is 5.11 Å². The molecule has 0 aliphatic heterocycles. The van der Waals surface area contributed by atoms with Crippen LogP contribution in [0.3, 0.4) is 0 Å². The third-order valence-electron chi connectivity index (χ3n) is 2.11. The summed E-state index contributed by atoms with van der Waals surface area (Å²) in [6, 6.07) is 4.49. The van der Waals surface area contributed by atoms with E-state index in [1.807, 2.05) is 0 Å². The van der Waals surface area contributed by atoms with Crippen molar-refractivity contribution in [1.82, 2.24) is 10.6 Å². The number of hydrogen-bond donors (Lipinski definition) is 3. The summed E-state index contributed by atoms with van der Waals surface area (Å²) < 4.78 is 13.2. The number of carbonyl (C=O) groups is 1. The maximum atomic E-state index is 13.2. The smallest absolute Gasteiger partial charge is 0.234 e. The number of halogens is 2. The van der Waals surface area contributed by atoms with Gasteiger partial charge in [-0.2, -0.15) is 0 Å². The molecule has 0 aliphatic carbocycles. The molecule has 17 heavy (non-hydrogen) atoms. The molecule has 0 saturated heterocycles. The minimum atomic E-state index is -0.456. The lowest BCUT2D eigenvalue weighted by Crippen LogP contribution is -2.31. The van der Waals surface area contributed by atoms with Crippen LogP contribution in [0.4, 0.5) is 4.39 Å². The second kappa shape index (κ2) is 8.00. The topological polar surface area (TPSA) is 61.4 Å². The Morgan fingerprint density at radius 3 is 2.71 bits per heavy atom. The first-order valence-corrected chi connectivity index (χ1v) is 4.97. The van der Waals surface area contributed by atoms with E-state index in [1.54, 1.807) is 13.1 Å². The van der Waals surface area contributed by atoms with E-state index in [0.29, 0.717) is 5.56 Å². The molecule has 96 valence electrons. The molecule has 6 heteroatoms. The van der Waals surface area contributed by atoms with Crippen LogP contribution in [-0.4, -0.2) is 24.6 Å². The number of amides is 1. The average Bonchev–Trinajstić information content (AvgIpc) is 2.27. The number of hydrogen-bond acceptors (Lipinski definition) is 3. The summed E-state index contributed by atoms with van der Waals surface area (Å²) in [7, 11) is 1.68. The minimum Gasteiger partial charge on any atom is -0.392 e. The Hall–Kier alpha value is -1.17. The Labute approximate surface area is 106 Å². The van der Waals surface area contributed by atoms with Crippen LogP contribution in [-0.2, 0) is 17.9 Å². The number of carbonyl (C=O) groups excluding carboxylic acids is 1. The van der Waals surface area contributed by atoms with Gasteiger partial charge < -0.3 is 15.7 Å². The molecule has 0 atom stereocenters. The van der Waals surface area contributed by atoms with Crippen molar-refractivity contribution in [2.24, 2.45) is 0 Å². The maximum absolute atomic E-state index is 13.2. The molecule has 0 bridgehead atoms. The van der Waals surface area contributed by atoms with Crippen LogP contribution < -0.4 is 10.6 Å². The van der Waals surface area contributed by atoms with Gasteiger partial charge in [-0.15, -0.1) is 12.4 Å². The molecule has 0 heterocycles. The van der Waals surface area contributed by atoms with E-state index in [2.05, 4.69) is 10.6 Å². The minimum absolute atomic E-state index is 0. The largest absolute Gasteiger partial charge is 0.392 e. The summed E-state index contributed by atoms with van der Waals surface area (Å²) in [6.07, 6.45) is 0. The predicted molar refractivity (Wildman–Crippen MR) is 65.3 cm³/mol. The molecule has 3 N–H and O–H groups in total. The van der Waals surface area contributed by atoms with E-state index in [0.717, 1.165) is 0 Å². The number of aliphatic hydroxyl groups is 1. The molecule has 4 nitrogen and oxygen atoms in total. The van der Waals surface area contributed by atoms with Gasteiger partial charge in [-0.1, -0.05) is 12.1 Å². The van der Waals surface area contributed by atoms with Gasteiger partial charge in [0.05, 0.1) is 13.2 Å². The van der Waals surface area contributed by atoms with Crippen molar-refractivity contribution in [1.29, 1.82) is 0 Å². The first kappa shape index (κ1) is 15.8. The summed E-state index contributed by atoms with van der Waals surface area (Å²) in [5, 5.41) is 14.1. The molecule has 0 unspecified atom stereocenters. The molecular formula is C11H16ClFN2O2. The summed E-state index contributed by atoms with van der Waals surface area (Å²) in [5.74, 6) is -0.600. The van der Waals surface area contributed by atoms with Crippen LogP contribution in [0, 0.1) is 5.82 Å². The van der Waals surface area contributed by atoms with Crippen LogP contribution in [0.5, 0.6) is 0 Å². The Morgan fingerprint density at radius 1 is 1.47 bits per heavy atom. The van der Waals surface area contributed by atoms with Crippen LogP contribution in [0.25, 0.3) is 0 Å². The lowest BCUT2D eigenvalue weighted by atomic mass is 10.1. The number of aliphatic hydroxyl groups excluding tert-OH is 1. The fraction of sp³-hybridized carbons (Fsp3) is 0.364. The van der Waals surface area contributed by atoms with Crippen molar-refractivity contribution in [3.8, 4) is 0 Å². The average molecular weight is 263 g/mol. The Balaban J connectivity index is 0.00000256. The van der Waals surface area contributed by atoms with Gasteiger partial charge in [0, 0.05) is 12.1 Å². The predicted octanol–water partition coefficient (Wildman–Crippen LogP) is 0.575. The third-order valence-corrected chi connectivity index (χ3v) is 2.11. The second-order valence-corrected chi connectivity index (χ2v) is 3.39. The highest BCUT2D eigenvalue weighted by molar-refractivity contribution is 5.85. The highest BCUT2D eigenvalue weighted by Crippen LogP contribution is 2.10. The summed E-state index contributed by atoms with van der Waals surface area (Å²) in [6.45, 7) is 0.193. The van der Waals surface area contributed by atoms with Gasteiger partial charge in [-0.25, -0.2) is 4.39 Å². The van der Waals surface area contributed by atoms with E-state index in [9.17, 15) is 9.18 Å². The van der Waals surface area contributed by atoms with Crippen molar-refractivity contribution < 1.29 is 14.3 Å². The van der Waals surface area contributed by atoms with Gasteiger partial charge in [0.1, 0.15) is 5.82 Å². The zero-order valence-corrected chi connectivity index (χ0v) is 10.3. The molecule has 0 aliphatic rings. The number of nitrogens with one attached hydrogen (secondary N) is 2. The Morgan fingerprint density at radius 2 is 2.18 bits per heavy atom. The lowest BCUT2D eigenvalue weighted by molar-refractivity contribution is -0.120. The molecule has 1 aromatic rings. The molecule has 0 fully saturated rings. The van der Waals surface area contributed by atoms with Gasteiger partial charge in [0.2, 0.25) is 5.91 Å². The molecular weight excluding hydrogens is 247 g/mol. The van der Waals surface area contributed by atoms with Crippen molar-refractivity contribution >= 4 is 18.3 Å². The fourth-order valence-electron chi connectivity index (χ4n) is 1.25. The molecule has 0 saturated carbocycles. The van der Waals surface area contributed by atoms with Crippen LogP contribution >= 0.6 is 12.4 Å². The van der Waals surface area contributed by atoms with Crippen molar-refractivity contribution in [3.63, 3.8) is 0 Å².